The lowest BCUT2D eigenvalue weighted by atomic mass is 9.97. The molecule has 1 unspecified atom stereocenters. The molecular weight excluding hydrogens is 631 g/mol. The first kappa shape index (κ1) is 30.4. The predicted octanol–water partition coefficient (Wildman–Crippen LogP) is 6.43. The number of hydrogen-bond donors (Lipinski definition) is 1. The van der Waals surface area contributed by atoms with E-state index in [1.807, 2.05) is 61.5 Å². The van der Waals surface area contributed by atoms with E-state index in [2.05, 4.69) is 15.2 Å². The highest BCUT2D eigenvalue weighted by Crippen LogP contribution is 2.36. The molecule has 0 spiro atoms. The lowest BCUT2D eigenvalue weighted by Gasteiger charge is -2.35. The second-order valence-electron chi connectivity index (χ2n) is 11.6. The van der Waals surface area contributed by atoms with Gasteiger partial charge in [0.1, 0.15) is 11.5 Å². The summed E-state index contributed by atoms with van der Waals surface area (Å²) in [6, 6.07) is 19.8. The molecule has 47 heavy (non-hydrogen) atoms. The number of aryl methyl sites for hydroxylation is 1. The summed E-state index contributed by atoms with van der Waals surface area (Å²) in [6.07, 6.45) is -2.34. The van der Waals surface area contributed by atoms with Gasteiger partial charge in [0.05, 0.1) is 34.7 Å². The van der Waals surface area contributed by atoms with E-state index in [0.29, 0.717) is 40.7 Å². The number of aromatic nitrogens is 6. The summed E-state index contributed by atoms with van der Waals surface area (Å²) in [5.74, 6) is 0.685. The first-order chi connectivity index (χ1) is 22.5. The van der Waals surface area contributed by atoms with Gasteiger partial charge in [-0.3, -0.25) is 14.2 Å². The molecule has 4 heterocycles. The lowest BCUT2D eigenvalue weighted by molar-refractivity contribution is -0.137. The number of carbonyl (C=O) groups excluding carboxylic acids is 1. The van der Waals surface area contributed by atoms with Crippen LogP contribution in [-0.2, 0) is 25.6 Å². The highest BCUT2D eigenvalue weighted by atomic mass is 35.5. The summed E-state index contributed by atoms with van der Waals surface area (Å²) >= 11 is 5.82. The van der Waals surface area contributed by atoms with Crippen molar-refractivity contribution in [3.63, 3.8) is 0 Å². The number of H-pyrrole nitrogens is 1. The number of nitrogens with one attached hydrogen (secondary N) is 1. The molecule has 7 rings (SSSR count). The van der Waals surface area contributed by atoms with E-state index in [9.17, 15) is 22.8 Å². The van der Waals surface area contributed by atoms with Crippen LogP contribution in [-0.4, -0.2) is 46.2 Å². The number of carbonyl (C=O) groups is 1. The lowest BCUT2D eigenvalue weighted by Crippen LogP contribution is -2.46. The van der Waals surface area contributed by atoms with E-state index >= 15 is 0 Å². The monoisotopic (exact) mass is 657 g/mol. The minimum atomic E-state index is -4.72. The molecule has 9 nitrogen and oxygen atoms in total. The Hall–Kier alpha value is -5.23. The summed E-state index contributed by atoms with van der Waals surface area (Å²) in [6.45, 7) is 3.56. The first-order valence-corrected chi connectivity index (χ1v) is 15.2. The van der Waals surface area contributed by atoms with Crippen LogP contribution < -0.4 is 5.56 Å². The number of hydrogen-bond acceptors (Lipinski definition) is 5. The van der Waals surface area contributed by atoms with Crippen molar-refractivity contribution in [3.05, 3.63) is 134 Å². The molecule has 3 aromatic carbocycles. The van der Waals surface area contributed by atoms with Crippen LogP contribution in [0.15, 0.2) is 83.8 Å². The molecule has 0 radical (unpaired) electrons. The number of alkyl halides is 3. The maximum atomic E-state index is 14.4. The Balaban J connectivity index is 1.35. The van der Waals surface area contributed by atoms with E-state index in [1.54, 1.807) is 22.2 Å². The minimum Gasteiger partial charge on any atom is -0.330 e. The van der Waals surface area contributed by atoms with Crippen LogP contribution in [0.2, 0.25) is 5.02 Å². The van der Waals surface area contributed by atoms with Crippen molar-refractivity contribution >= 4 is 23.2 Å². The molecule has 6 aromatic rings. The molecule has 3 aromatic heterocycles. The normalized spacial score (nSPS) is 14.9. The standard InChI is InChI=1S/C34H27ClF3N7O2/c1-19-14-26-29(18-43(19)32(46)23-10-13-28(35)27(16-23)34(36,37)38)45-31(24(17-39-45)15-21-6-4-3-5-7-21)44(33(26)47)25-11-8-22(9-12-25)30-40-20(2)41-42-30/h3-13,16-17,19H,14-15,18H2,1-2H3,(H,40,41,42). The smallest absolute Gasteiger partial charge is 0.330 e. The van der Waals surface area contributed by atoms with E-state index in [1.165, 1.54) is 11.0 Å². The van der Waals surface area contributed by atoms with Crippen molar-refractivity contribution in [2.24, 2.45) is 0 Å². The van der Waals surface area contributed by atoms with Crippen molar-refractivity contribution in [2.75, 3.05) is 0 Å². The Morgan fingerprint density at radius 1 is 1.04 bits per heavy atom. The molecule has 13 heteroatoms. The van der Waals surface area contributed by atoms with Gasteiger partial charge in [-0.1, -0.05) is 41.9 Å². The third-order valence-electron chi connectivity index (χ3n) is 8.46. The Morgan fingerprint density at radius 2 is 1.79 bits per heavy atom. The molecule has 1 aliphatic rings. The zero-order valence-corrected chi connectivity index (χ0v) is 26.0. The third kappa shape index (κ3) is 5.48. The second-order valence-corrected chi connectivity index (χ2v) is 12.0. The number of halogens is 4. The molecule has 1 N–H and O–H groups in total. The maximum absolute atomic E-state index is 14.4. The van der Waals surface area contributed by atoms with Gasteiger partial charge < -0.3 is 9.88 Å². The molecule has 0 saturated carbocycles. The molecule has 1 aliphatic heterocycles. The largest absolute Gasteiger partial charge is 0.417 e. The molecule has 1 atom stereocenters. The number of fused-ring (bicyclic) bond motifs is 3. The van der Waals surface area contributed by atoms with Crippen LogP contribution in [0.5, 0.6) is 0 Å². The van der Waals surface area contributed by atoms with Gasteiger partial charge in [-0.15, -0.1) is 10.2 Å². The highest BCUT2D eigenvalue weighted by Gasteiger charge is 2.36. The topological polar surface area (TPSA) is 101 Å². The van der Waals surface area contributed by atoms with Gasteiger partial charge in [-0.2, -0.15) is 18.3 Å². The fourth-order valence-electron chi connectivity index (χ4n) is 6.12. The van der Waals surface area contributed by atoms with Crippen molar-refractivity contribution in [2.45, 2.75) is 45.5 Å². The van der Waals surface area contributed by atoms with Crippen molar-refractivity contribution in [1.29, 1.82) is 0 Å². The fourth-order valence-corrected chi connectivity index (χ4v) is 6.35. The SMILES string of the molecule is Cc1nnc(-c2ccc(-n3c(=O)c4c(n5ncc(Cc6ccccc6)c35)CN(C(=O)c3ccc(Cl)c(C(F)(F)F)c3)C(C)C4)cc2)[nH]1. The fraction of sp³-hybridized carbons (Fsp3) is 0.206. The van der Waals surface area contributed by atoms with Gasteiger partial charge in [-0.25, -0.2) is 4.52 Å². The zero-order chi connectivity index (χ0) is 33.0. The summed E-state index contributed by atoms with van der Waals surface area (Å²) < 4.78 is 44.1. The van der Waals surface area contributed by atoms with Gasteiger partial charge in [0.25, 0.3) is 11.5 Å². The van der Waals surface area contributed by atoms with Gasteiger partial charge in [-0.05, 0) is 68.3 Å². The molecule has 0 fully saturated rings. The van der Waals surface area contributed by atoms with Crippen LogP contribution >= 0.6 is 11.6 Å². The minimum absolute atomic E-state index is 0.0257. The summed E-state index contributed by atoms with van der Waals surface area (Å²) in [7, 11) is 0. The van der Waals surface area contributed by atoms with E-state index < -0.39 is 28.7 Å². The molecule has 0 bridgehead atoms. The number of aromatic amines is 1. The van der Waals surface area contributed by atoms with E-state index in [0.717, 1.165) is 28.8 Å². The van der Waals surface area contributed by atoms with E-state index in [-0.39, 0.29) is 24.1 Å². The summed E-state index contributed by atoms with van der Waals surface area (Å²) in [5, 5.41) is 12.4. The van der Waals surface area contributed by atoms with Gasteiger partial charge in [0.2, 0.25) is 0 Å². The summed E-state index contributed by atoms with van der Waals surface area (Å²) in [5.41, 5.74) is 3.26. The molecule has 238 valence electrons. The van der Waals surface area contributed by atoms with Crippen LogP contribution in [0.4, 0.5) is 13.2 Å². The molecule has 0 aliphatic carbocycles. The summed E-state index contributed by atoms with van der Waals surface area (Å²) in [4.78, 5) is 32.7. The van der Waals surface area contributed by atoms with Gasteiger partial charge in [0.15, 0.2) is 5.82 Å². The second kappa shape index (κ2) is 11.5. The Kier molecular flexibility index (Phi) is 7.47. The first-order valence-electron chi connectivity index (χ1n) is 14.8. The number of benzene rings is 3. The molecule has 1 amide bonds. The van der Waals surface area contributed by atoms with Crippen LogP contribution in [0.1, 0.15) is 51.1 Å². The quantitative estimate of drug-likeness (QED) is 0.230. The predicted molar refractivity (Wildman–Crippen MR) is 170 cm³/mol. The Labute approximate surface area is 271 Å². The average molecular weight is 658 g/mol. The van der Waals surface area contributed by atoms with E-state index in [4.69, 9.17) is 16.7 Å². The van der Waals surface area contributed by atoms with Gasteiger partial charge >= 0.3 is 6.18 Å². The third-order valence-corrected chi connectivity index (χ3v) is 8.79. The van der Waals surface area contributed by atoms with Crippen LogP contribution in [0, 0.1) is 6.92 Å². The number of rotatable bonds is 5. The average Bonchev–Trinajstić information content (AvgIpc) is 3.67. The van der Waals surface area contributed by atoms with Crippen LogP contribution in [0.3, 0.4) is 0 Å². The maximum Gasteiger partial charge on any atom is 0.417 e. The molecule has 0 saturated heterocycles. The molecular formula is C34H27ClF3N7O2. The highest BCUT2D eigenvalue weighted by molar-refractivity contribution is 6.31. The Bertz CT molecular complexity index is 2210. The van der Waals surface area contributed by atoms with Crippen molar-refractivity contribution in [3.8, 4) is 17.1 Å². The Morgan fingerprint density at radius 3 is 2.47 bits per heavy atom. The number of amides is 1. The van der Waals surface area contributed by atoms with Crippen LogP contribution in [0.25, 0.3) is 22.7 Å². The van der Waals surface area contributed by atoms with Crippen molar-refractivity contribution in [1.82, 2.24) is 34.3 Å². The zero-order valence-electron chi connectivity index (χ0n) is 25.2. The van der Waals surface area contributed by atoms with Crippen molar-refractivity contribution < 1.29 is 18.0 Å². The number of nitrogens with zero attached hydrogens (tertiary/aromatic N) is 6. The van der Waals surface area contributed by atoms with Gasteiger partial charge in [0, 0.05) is 34.7 Å².